The van der Waals surface area contributed by atoms with Crippen molar-refractivity contribution in [3.63, 3.8) is 0 Å². The van der Waals surface area contributed by atoms with Crippen LogP contribution >= 0.6 is 0 Å². The van der Waals surface area contributed by atoms with Crippen LogP contribution in [0.25, 0.3) is 0 Å². The molecule has 0 heterocycles. The van der Waals surface area contributed by atoms with Crippen molar-refractivity contribution in [2.45, 2.75) is 12.8 Å². The smallest absolute Gasteiger partial charge is 0.416 e. The number of esters is 1. The molecule has 0 atom stereocenters. The normalized spacial score (nSPS) is 11.2. The van der Waals surface area contributed by atoms with Crippen molar-refractivity contribution in [1.82, 2.24) is 0 Å². The summed E-state index contributed by atoms with van der Waals surface area (Å²) >= 11 is 0. The largest absolute Gasteiger partial charge is 0.488 e. The molecule has 0 amide bonds. The van der Waals surface area contributed by atoms with E-state index in [-0.39, 0.29) is 18.7 Å². The molecule has 0 aliphatic carbocycles. The van der Waals surface area contributed by atoms with E-state index < -0.39 is 44.6 Å². The Bertz CT molecular complexity index is 1320. The molecule has 0 unspecified atom stereocenters. The lowest BCUT2D eigenvalue weighted by atomic mass is 10.1. The van der Waals surface area contributed by atoms with Crippen LogP contribution in [0, 0.1) is 20.2 Å². The molecule has 3 rings (SSSR count). The van der Waals surface area contributed by atoms with Crippen LogP contribution in [-0.4, -0.2) is 29.1 Å². The molecule has 37 heavy (non-hydrogen) atoms. The van der Waals surface area contributed by atoms with Gasteiger partial charge in [0.2, 0.25) is 5.69 Å². The summed E-state index contributed by atoms with van der Waals surface area (Å²) < 4.78 is 49.6. The highest BCUT2D eigenvalue weighted by Gasteiger charge is 2.37. The topological polar surface area (TPSA) is 146 Å². The molecule has 0 saturated carbocycles. The van der Waals surface area contributed by atoms with Crippen LogP contribution in [0.5, 0.6) is 5.75 Å². The van der Waals surface area contributed by atoms with E-state index in [9.17, 15) is 38.2 Å². The molecule has 0 saturated heterocycles. The average Bonchev–Trinajstić information content (AvgIpc) is 2.86. The zero-order valence-electron chi connectivity index (χ0n) is 18.9. The average molecular weight is 518 g/mol. The van der Waals surface area contributed by atoms with Gasteiger partial charge in [0, 0.05) is 17.7 Å². The van der Waals surface area contributed by atoms with Crippen molar-refractivity contribution in [1.29, 1.82) is 0 Å². The van der Waals surface area contributed by atoms with E-state index >= 15 is 0 Å². The SMILES string of the molecule is COC(=O)c1ccc(COc2ccccc2C=NNc2c([N+](=O)[O-])cc(C(F)(F)F)cc2[N+](=O)[O-])cc1. The number of anilines is 1. The molecule has 0 aromatic heterocycles. The van der Waals surface area contributed by atoms with Crippen LogP contribution in [-0.2, 0) is 17.5 Å². The molecule has 1 N–H and O–H groups in total. The number of benzene rings is 3. The van der Waals surface area contributed by atoms with Crippen molar-refractivity contribution in [3.8, 4) is 5.75 Å². The summed E-state index contributed by atoms with van der Waals surface area (Å²) in [6.07, 6.45) is -3.89. The Kier molecular flexibility index (Phi) is 8.02. The number of nitro groups is 2. The molecule has 11 nitrogen and oxygen atoms in total. The minimum atomic E-state index is -5.03. The number of para-hydroxylation sites is 1. The van der Waals surface area contributed by atoms with Gasteiger partial charge < -0.3 is 9.47 Å². The summed E-state index contributed by atoms with van der Waals surface area (Å²) in [5, 5.41) is 26.4. The number of hydrogen-bond donors (Lipinski definition) is 1. The van der Waals surface area contributed by atoms with Gasteiger partial charge in [0.05, 0.1) is 34.3 Å². The maximum absolute atomic E-state index is 13.1. The number of hydrazone groups is 1. The second kappa shape index (κ2) is 11.2. The lowest BCUT2D eigenvalue weighted by Gasteiger charge is -2.10. The maximum Gasteiger partial charge on any atom is 0.416 e. The van der Waals surface area contributed by atoms with Crippen LogP contribution in [0.15, 0.2) is 65.8 Å². The van der Waals surface area contributed by atoms with Crippen LogP contribution in [0.3, 0.4) is 0 Å². The fraction of sp³-hybridized carbons (Fsp3) is 0.130. The number of ether oxygens (including phenoxy) is 2. The number of nitrogens with zero attached hydrogens (tertiary/aromatic N) is 3. The molecule has 0 fully saturated rings. The first-order valence-electron chi connectivity index (χ1n) is 10.2. The quantitative estimate of drug-likeness (QED) is 0.173. The molecular weight excluding hydrogens is 501 g/mol. The lowest BCUT2D eigenvalue weighted by molar-refractivity contribution is -0.392. The number of nitrogens with one attached hydrogen (secondary N) is 1. The van der Waals surface area contributed by atoms with Gasteiger partial charge in [-0.2, -0.15) is 18.3 Å². The standard InChI is InChI=1S/C23H17F3N4O7/c1-36-22(31)15-8-6-14(7-9-15)13-37-20-5-3-2-4-16(20)12-27-28-21-18(29(32)33)10-17(23(24,25)26)11-19(21)30(34)35/h2-12,28H,13H2,1H3. The second-order valence-corrected chi connectivity index (χ2v) is 7.29. The minimum Gasteiger partial charge on any atom is -0.488 e. The molecule has 3 aromatic rings. The van der Waals surface area contributed by atoms with Crippen molar-refractivity contribution in [2.24, 2.45) is 5.10 Å². The van der Waals surface area contributed by atoms with Crippen LogP contribution in [0.4, 0.5) is 30.2 Å². The summed E-state index contributed by atoms with van der Waals surface area (Å²) in [6, 6.07) is 13.3. The van der Waals surface area contributed by atoms with Gasteiger partial charge in [-0.05, 0) is 29.8 Å². The van der Waals surface area contributed by atoms with Gasteiger partial charge in [-0.3, -0.25) is 25.7 Å². The molecule has 192 valence electrons. The third-order valence-corrected chi connectivity index (χ3v) is 4.89. The van der Waals surface area contributed by atoms with Crippen molar-refractivity contribution in [3.05, 3.63) is 103 Å². The number of halogens is 3. The van der Waals surface area contributed by atoms with Gasteiger partial charge in [-0.1, -0.05) is 24.3 Å². The van der Waals surface area contributed by atoms with Crippen molar-refractivity contribution in [2.75, 3.05) is 12.5 Å². The van der Waals surface area contributed by atoms with Crippen molar-refractivity contribution >= 4 is 29.2 Å². The molecule has 0 aliphatic rings. The summed E-state index contributed by atoms with van der Waals surface area (Å²) in [4.78, 5) is 31.8. The molecule has 0 bridgehead atoms. The molecular formula is C23H17F3N4O7. The molecule has 14 heteroatoms. The second-order valence-electron chi connectivity index (χ2n) is 7.29. The van der Waals surface area contributed by atoms with Gasteiger partial charge in [0.1, 0.15) is 12.4 Å². The highest BCUT2D eigenvalue weighted by Crippen LogP contribution is 2.41. The number of carbonyl (C=O) groups excluding carboxylic acids is 1. The Morgan fingerprint density at radius 1 is 1.03 bits per heavy atom. The van der Waals surface area contributed by atoms with Gasteiger partial charge in [-0.25, -0.2) is 4.79 Å². The van der Waals surface area contributed by atoms with E-state index in [2.05, 4.69) is 15.3 Å². The number of methoxy groups -OCH3 is 1. The van der Waals surface area contributed by atoms with Gasteiger partial charge in [0.15, 0.2) is 0 Å². The van der Waals surface area contributed by atoms with Gasteiger partial charge >= 0.3 is 23.5 Å². The van der Waals surface area contributed by atoms with Gasteiger partial charge in [-0.15, -0.1) is 0 Å². The highest BCUT2D eigenvalue weighted by atomic mass is 19.4. The Hall–Kier alpha value is -5.01. The summed E-state index contributed by atoms with van der Waals surface area (Å²) in [5.41, 5.74) is -1.15. The monoisotopic (exact) mass is 518 g/mol. The fourth-order valence-corrected chi connectivity index (χ4v) is 3.08. The maximum atomic E-state index is 13.1. The predicted octanol–water partition coefficient (Wildman–Crippen LogP) is 5.33. The summed E-state index contributed by atoms with van der Waals surface area (Å²) in [6.45, 7) is 0.0928. The third kappa shape index (κ3) is 6.56. The van der Waals surface area contributed by atoms with E-state index in [1.54, 1.807) is 48.5 Å². The lowest BCUT2D eigenvalue weighted by Crippen LogP contribution is -2.09. The van der Waals surface area contributed by atoms with E-state index in [0.29, 0.717) is 22.4 Å². The van der Waals surface area contributed by atoms with Gasteiger partial charge in [0.25, 0.3) is 0 Å². The Morgan fingerprint density at radius 2 is 1.62 bits per heavy atom. The van der Waals surface area contributed by atoms with Crippen LogP contribution < -0.4 is 10.2 Å². The minimum absolute atomic E-state index is 0.0928. The Morgan fingerprint density at radius 3 is 2.16 bits per heavy atom. The first-order chi connectivity index (χ1) is 17.5. The number of alkyl halides is 3. The Labute approximate surface area is 206 Å². The number of hydrogen-bond acceptors (Lipinski definition) is 9. The predicted molar refractivity (Wildman–Crippen MR) is 125 cm³/mol. The molecule has 0 spiro atoms. The molecule has 0 aliphatic heterocycles. The zero-order chi connectivity index (χ0) is 27.2. The van der Waals surface area contributed by atoms with Crippen LogP contribution in [0.2, 0.25) is 0 Å². The third-order valence-electron chi connectivity index (χ3n) is 4.89. The highest BCUT2D eigenvalue weighted by molar-refractivity contribution is 5.89. The van der Waals surface area contributed by atoms with Crippen LogP contribution in [0.1, 0.15) is 27.0 Å². The van der Waals surface area contributed by atoms with E-state index in [1.165, 1.54) is 7.11 Å². The zero-order valence-corrected chi connectivity index (χ0v) is 18.9. The number of nitro benzene ring substituents is 2. The molecule has 0 radical (unpaired) electrons. The number of rotatable bonds is 9. The van der Waals surface area contributed by atoms with E-state index in [1.807, 2.05) is 0 Å². The first kappa shape index (κ1) is 26.6. The fourth-order valence-electron chi connectivity index (χ4n) is 3.08. The summed E-state index contributed by atoms with van der Waals surface area (Å²) in [7, 11) is 1.26. The Balaban J connectivity index is 1.83. The first-order valence-corrected chi connectivity index (χ1v) is 10.2. The van der Waals surface area contributed by atoms with E-state index in [4.69, 9.17) is 4.74 Å². The number of carbonyl (C=O) groups is 1. The van der Waals surface area contributed by atoms with E-state index in [0.717, 1.165) is 6.21 Å². The summed E-state index contributed by atoms with van der Waals surface area (Å²) in [5.74, 6) is -0.170. The molecule has 3 aromatic carbocycles. The van der Waals surface area contributed by atoms with Crippen molar-refractivity contribution < 1.29 is 37.3 Å².